The molecule has 268 valence electrons. The molecule has 50 heavy (non-hydrogen) atoms. The van der Waals surface area contributed by atoms with Crippen LogP contribution in [-0.2, 0) is 32.8 Å². The van der Waals surface area contributed by atoms with E-state index >= 15 is 0 Å². The van der Waals surface area contributed by atoms with E-state index in [9.17, 15) is 13.9 Å². The second kappa shape index (κ2) is 17.1. The molecule has 6 rings (SSSR count). The van der Waals surface area contributed by atoms with Gasteiger partial charge in [0, 0.05) is 54.2 Å². The lowest BCUT2D eigenvalue weighted by Gasteiger charge is -2.31. The molecule has 2 aliphatic carbocycles. The number of aliphatic hydroxyl groups is 1. The Hall–Kier alpha value is -3.63. The molecule has 2 aromatic carbocycles. The summed E-state index contributed by atoms with van der Waals surface area (Å²) in [5, 5.41) is 9.58. The minimum Gasteiger partial charge on any atom is -0.481 e. The van der Waals surface area contributed by atoms with Crippen LogP contribution in [-0.4, -0.2) is 56.7 Å². The number of alkyl halides is 1. The molecule has 1 N–H and O–H groups in total. The fourth-order valence-electron chi connectivity index (χ4n) is 7.83. The number of hydrogen-bond acceptors (Lipinski definition) is 7. The van der Waals surface area contributed by atoms with E-state index in [1.165, 1.54) is 26.6 Å². The van der Waals surface area contributed by atoms with Crippen molar-refractivity contribution in [3.05, 3.63) is 94.8 Å². The maximum Gasteiger partial charge on any atom is 0.213 e. The van der Waals surface area contributed by atoms with Crippen LogP contribution in [0.2, 0.25) is 0 Å². The van der Waals surface area contributed by atoms with Gasteiger partial charge in [-0.05, 0) is 59.1 Å². The monoisotopic (exact) mass is 708 g/mol. The second-order valence-electron chi connectivity index (χ2n) is 13.3. The molecule has 2 saturated carbocycles. The van der Waals surface area contributed by atoms with Gasteiger partial charge in [-0.1, -0.05) is 62.1 Å². The summed E-state index contributed by atoms with van der Waals surface area (Å²) in [6.45, 7) is 1.16. The fraction of sp³-hybridized carbons (Fsp3) is 0.450. The summed E-state index contributed by atoms with van der Waals surface area (Å²) in [7, 11) is 6.47. The molecule has 0 spiro atoms. The van der Waals surface area contributed by atoms with Crippen LogP contribution in [0.15, 0.2) is 60.9 Å². The largest absolute Gasteiger partial charge is 0.481 e. The number of rotatable bonds is 12. The molecular formula is C40H47ClF2N2O5. The SMILES string of the molecule is COCC1(c2cc(CCl)ccc2-c2cc(OC)ncc2F)CCCC1.COCC1(c2cc(CO)ccc2-c2cc(OC)ncc2F)CCCC1. The molecule has 2 heterocycles. The first-order valence-corrected chi connectivity index (χ1v) is 17.6. The summed E-state index contributed by atoms with van der Waals surface area (Å²) in [4.78, 5) is 7.89. The first-order valence-electron chi connectivity index (χ1n) is 17.1. The van der Waals surface area contributed by atoms with Crippen LogP contribution in [0.5, 0.6) is 11.8 Å². The molecule has 0 bridgehead atoms. The Bertz CT molecular complexity index is 1610. The maximum atomic E-state index is 14.6. The molecule has 10 heteroatoms. The number of ether oxygens (including phenoxy) is 4. The first kappa shape index (κ1) is 37.6. The highest BCUT2D eigenvalue weighted by Gasteiger charge is 2.39. The van der Waals surface area contributed by atoms with Crippen molar-refractivity contribution in [2.45, 2.75) is 74.7 Å². The molecule has 0 amide bonds. The van der Waals surface area contributed by atoms with Crippen molar-refractivity contribution in [3.8, 4) is 34.0 Å². The molecule has 0 unspecified atom stereocenters. The number of benzene rings is 2. The lowest BCUT2D eigenvalue weighted by molar-refractivity contribution is 0.132. The van der Waals surface area contributed by atoms with Crippen molar-refractivity contribution >= 4 is 11.6 Å². The van der Waals surface area contributed by atoms with Crippen molar-refractivity contribution in [1.29, 1.82) is 0 Å². The minimum absolute atomic E-state index is 0.0432. The van der Waals surface area contributed by atoms with Crippen LogP contribution in [0.25, 0.3) is 22.3 Å². The zero-order chi connectivity index (χ0) is 35.7. The highest BCUT2D eigenvalue weighted by molar-refractivity contribution is 6.17. The number of halogens is 3. The predicted octanol–water partition coefficient (Wildman–Crippen LogP) is 8.94. The van der Waals surface area contributed by atoms with Crippen LogP contribution in [0.4, 0.5) is 8.78 Å². The topological polar surface area (TPSA) is 82.9 Å². The van der Waals surface area contributed by atoms with Crippen molar-refractivity contribution in [2.24, 2.45) is 0 Å². The van der Waals surface area contributed by atoms with Gasteiger partial charge in [-0.2, -0.15) is 0 Å². The number of hydrogen-bond donors (Lipinski definition) is 1. The molecular weight excluding hydrogens is 662 g/mol. The maximum absolute atomic E-state index is 14.6. The lowest BCUT2D eigenvalue weighted by Crippen LogP contribution is -2.29. The molecule has 4 aromatic rings. The molecule has 2 aromatic heterocycles. The summed E-state index contributed by atoms with van der Waals surface area (Å²) in [6, 6.07) is 15.0. The molecule has 0 aliphatic heterocycles. The van der Waals surface area contributed by atoms with Gasteiger partial charge in [0.05, 0.1) is 46.4 Å². The van der Waals surface area contributed by atoms with Crippen LogP contribution in [0.3, 0.4) is 0 Å². The van der Waals surface area contributed by atoms with Gasteiger partial charge in [0.1, 0.15) is 11.6 Å². The number of methoxy groups -OCH3 is 4. The summed E-state index contributed by atoms with van der Waals surface area (Å²) in [5.41, 5.74) is 6.39. The number of aliphatic hydroxyl groups excluding tert-OH is 1. The Balaban J connectivity index is 0.000000194. The van der Waals surface area contributed by atoms with Crippen LogP contribution >= 0.6 is 11.6 Å². The standard InChI is InChI=1S/C20H23ClFNO2.C20H24FNO3/c1-24-13-20(7-3-4-8-20)17-9-14(11-21)5-6-15(17)16-10-19(25-2)23-12-18(16)22;1-24-13-20(7-3-4-8-20)17-9-14(12-23)5-6-15(17)16-10-19(25-2)22-11-18(16)21/h5-6,9-10,12H,3-4,7-8,11,13H2,1-2H3;5-6,9-11,23H,3-4,7-8,12-13H2,1-2H3. The van der Waals surface area contributed by atoms with Crippen LogP contribution in [0, 0.1) is 11.6 Å². The predicted molar refractivity (Wildman–Crippen MR) is 192 cm³/mol. The normalized spacial score (nSPS) is 16.2. The van der Waals surface area contributed by atoms with Crippen molar-refractivity contribution in [1.82, 2.24) is 9.97 Å². The third kappa shape index (κ3) is 7.96. The van der Waals surface area contributed by atoms with E-state index in [1.54, 1.807) is 26.4 Å². The number of aromatic nitrogens is 2. The smallest absolute Gasteiger partial charge is 0.213 e. The number of pyridine rings is 2. The highest BCUT2D eigenvalue weighted by Crippen LogP contribution is 2.47. The van der Waals surface area contributed by atoms with Gasteiger partial charge in [0.15, 0.2) is 0 Å². The lowest BCUT2D eigenvalue weighted by atomic mass is 9.75. The van der Waals surface area contributed by atoms with E-state index < -0.39 is 0 Å². The van der Waals surface area contributed by atoms with E-state index in [2.05, 4.69) is 16.0 Å². The fourth-order valence-corrected chi connectivity index (χ4v) is 7.99. The van der Waals surface area contributed by atoms with Gasteiger partial charge in [-0.25, -0.2) is 18.7 Å². The van der Waals surface area contributed by atoms with Gasteiger partial charge in [0.25, 0.3) is 0 Å². The first-order chi connectivity index (χ1) is 24.3. The summed E-state index contributed by atoms with van der Waals surface area (Å²) in [5.74, 6) is 0.464. The average Bonchev–Trinajstić information content (AvgIpc) is 3.84. The quantitative estimate of drug-likeness (QED) is 0.147. The molecule has 7 nitrogen and oxygen atoms in total. The molecule has 0 atom stereocenters. The Morgan fingerprint density at radius 2 is 1.06 bits per heavy atom. The van der Waals surface area contributed by atoms with E-state index in [1.807, 2.05) is 30.3 Å². The Labute approximate surface area is 298 Å². The Morgan fingerprint density at radius 3 is 1.44 bits per heavy atom. The van der Waals surface area contributed by atoms with Crippen molar-refractivity contribution in [3.63, 3.8) is 0 Å². The van der Waals surface area contributed by atoms with Crippen molar-refractivity contribution < 1.29 is 32.8 Å². The summed E-state index contributed by atoms with van der Waals surface area (Å²) in [6.07, 6.45) is 11.0. The average molecular weight is 709 g/mol. The van der Waals surface area contributed by atoms with Crippen LogP contribution in [0.1, 0.15) is 73.6 Å². The molecule has 2 fully saturated rings. The molecule has 2 aliphatic rings. The van der Waals surface area contributed by atoms with E-state index in [0.717, 1.165) is 84.7 Å². The third-order valence-electron chi connectivity index (χ3n) is 10.3. The third-order valence-corrected chi connectivity index (χ3v) is 10.6. The second-order valence-corrected chi connectivity index (χ2v) is 13.6. The molecule has 0 radical (unpaired) electrons. The molecule has 0 saturated heterocycles. The highest BCUT2D eigenvalue weighted by atomic mass is 35.5. The minimum atomic E-state index is -0.385. The Morgan fingerprint density at radius 1 is 0.640 bits per heavy atom. The zero-order valence-corrected chi connectivity index (χ0v) is 30.1. The van der Waals surface area contributed by atoms with E-state index in [-0.39, 0.29) is 29.1 Å². The van der Waals surface area contributed by atoms with Gasteiger partial charge >= 0.3 is 0 Å². The summed E-state index contributed by atoms with van der Waals surface area (Å²) < 4.78 is 50.6. The van der Waals surface area contributed by atoms with Crippen molar-refractivity contribution in [2.75, 3.05) is 41.7 Å². The van der Waals surface area contributed by atoms with Gasteiger partial charge in [-0.3, -0.25) is 0 Å². The van der Waals surface area contributed by atoms with E-state index in [4.69, 9.17) is 30.5 Å². The van der Waals surface area contributed by atoms with Gasteiger partial charge in [0.2, 0.25) is 11.8 Å². The van der Waals surface area contributed by atoms with Gasteiger partial charge in [-0.15, -0.1) is 11.6 Å². The summed E-state index contributed by atoms with van der Waals surface area (Å²) >= 11 is 6.07. The van der Waals surface area contributed by atoms with Gasteiger partial charge < -0.3 is 24.1 Å². The number of nitrogens with zero attached hydrogens (tertiary/aromatic N) is 2. The van der Waals surface area contributed by atoms with E-state index in [0.29, 0.717) is 42.0 Å². The zero-order valence-electron chi connectivity index (χ0n) is 29.4. The Kier molecular flexibility index (Phi) is 12.8. The van der Waals surface area contributed by atoms with Crippen LogP contribution < -0.4 is 9.47 Å².